The minimum Gasteiger partial charge on any atom is -0.466 e. The van der Waals surface area contributed by atoms with E-state index in [2.05, 4.69) is 11.3 Å². The summed E-state index contributed by atoms with van der Waals surface area (Å²) in [6, 6.07) is 4.81. The Balaban J connectivity index is 3.24. The second-order valence-corrected chi connectivity index (χ2v) is 4.43. The molecule has 1 unspecified atom stereocenters. The molecule has 1 aromatic carbocycles. The number of carbonyl (C=O) groups is 2. The minimum absolute atomic E-state index is 0.0399. The molecule has 0 radical (unpaired) electrons. The number of hydrogen-bond acceptors (Lipinski definition) is 4. The number of benzene rings is 1. The number of rotatable bonds is 4. The van der Waals surface area contributed by atoms with Crippen molar-refractivity contribution in [1.29, 1.82) is 0 Å². The molecule has 0 amide bonds. The van der Waals surface area contributed by atoms with E-state index < -0.39 is 18.0 Å². The van der Waals surface area contributed by atoms with Crippen LogP contribution in [0.25, 0.3) is 0 Å². The van der Waals surface area contributed by atoms with E-state index >= 15 is 0 Å². The Labute approximate surface area is 120 Å². The molecule has 0 spiro atoms. The predicted molar refractivity (Wildman–Crippen MR) is 72.1 cm³/mol. The van der Waals surface area contributed by atoms with Gasteiger partial charge >= 0.3 is 11.9 Å². The molecule has 0 aliphatic heterocycles. The van der Waals surface area contributed by atoms with E-state index in [4.69, 9.17) is 27.9 Å². The highest BCUT2D eigenvalue weighted by Gasteiger charge is 2.27. The van der Waals surface area contributed by atoms with Crippen LogP contribution < -0.4 is 0 Å². The highest BCUT2D eigenvalue weighted by Crippen LogP contribution is 2.35. The summed E-state index contributed by atoms with van der Waals surface area (Å²) in [6.07, 6.45) is -1.03. The molecule has 19 heavy (non-hydrogen) atoms. The van der Waals surface area contributed by atoms with Crippen molar-refractivity contribution in [2.45, 2.75) is 13.0 Å². The molecule has 0 saturated carbocycles. The first-order chi connectivity index (χ1) is 8.88. The van der Waals surface area contributed by atoms with Crippen molar-refractivity contribution >= 4 is 35.1 Å². The highest BCUT2D eigenvalue weighted by molar-refractivity contribution is 6.42. The fourth-order valence-corrected chi connectivity index (χ4v) is 1.86. The first-order valence-corrected chi connectivity index (χ1v) is 6.02. The van der Waals surface area contributed by atoms with Crippen LogP contribution in [0.4, 0.5) is 0 Å². The molecule has 1 aromatic rings. The molecule has 0 heterocycles. The van der Waals surface area contributed by atoms with E-state index in [-0.39, 0.29) is 15.6 Å². The van der Waals surface area contributed by atoms with Gasteiger partial charge in [-0.25, -0.2) is 4.79 Å². The molecule has 0 bridgehead atoms. The van der Waals surface area contributed by atoms with Crippen LogP contribution in [0, 0.1) is 0 Å². The van der Waals surface area contributed by atoms with Crippen molar-refractivity contribution in [3.8, 4) is 0 Å². The third-order valence-corrected chi connectivity index (χ3v) is 3.15. The van der Waals surface area contributed by atoms with Crippen molar-refractivity contribution in [1.82, 2.24) is 0 Å². The monoisotopic (exact) mass is 302 g/mol. The number of hydrogen-bond donors (Lipinski definition) is 0. The zero-order valence-electron chi connectivity index (χ0n) is 10.4. The van der Waals surface area contributed by atoms with Crippen LogP contribution in [0.2, 0.25) is 10.0 Å². The van der Waals surface area contributed by atoms with Gasteiger partial charge in [0.25, 0.3) is 0 Å². The maximum atomic E-state index is 11.5. The molecular weight excluding hydrogens is 291 g/mol. The smallest absolute Gasteiger partial charge is 0.337 e. The zero-order valence-corrected chi connectivity index (χ0v) is 11.9. The molecule has 0 fully saturated rings. The van der Waals surface area contributed by atoms with Crippen molar-refractivity contribution in [3.05, 3.63) is 46.0 Å². The Morgan fingerprint density at radius 2 is 1.95 bits per heavy atom. The molecule has 6 heteroatoms. The maximum Gasteiger partial charge on any atom is 0.337 e. The Morgan fingerprint density at radius 1 is 1.32 bits per heavy atom. The van der Waals surface area contributed by atoms with Gasteiger partial charge < -0.3 is 9.47 Å². The van der Waals surface area contributed by atoms with E-state index in [0.717, 1.165) is 0 Å². The summed E-state index contributed by atoms with van der Waals surface area (Å²) >= 11 is 11.9. The van der Waals surface area contributed by atoms with Crippen LogP contribution in [0.3, 0.4) is 0 Å². The number of methoxy groups -OCH3 is 1. The molecule has 0 N–H and O–H groups in total. The van der Waals surface area contributed by atoms with Crippen LogP contribution in [0.5, 0.6) is 0 Å². The molecule has 0 saturated heterocycles. The third kappa shape index (κ3) is 3.72. The van der Waals surface area contributed by atoms with Gasteiger partial charge in [-0.1, -0.05) is 41.9 Å². The van der Waals surface area contributed by atoms with Crippen LogP contribution in [0.1, 0.15) is 18.6 Å². The Bertz CT molecular complexity index is 525. The number of halogens is 2. The van der Waals surface area contributed by atoms with Gasteiger partial charge in [-0.2, -0.15) is 0 Å². The fourth-order valence-electron chi connectivity index (χ4n) is 1.45. The van der Waals surface area contributed by atoms with Gasteiger partial charge in [-0.3, -0.25) is 4.79 Å². The lowest BCUT2D eigenvalue weighted by atomic mass is 10.0. The SMILES string of the molecule is C=C(C(=O)OC)C(OC(C)=O)c1cccc(Cl)c1Cl. The lowest BCUT2D eigenvalue weighted by molar-refractivity contribution is -0.147. The van der Waals surface area contributed by atoms with Gasteiger partial charge in [-0.15, -0.1) is 0 Å². The molecule has 0 aliphatic rings. The second kappa shape index (κ2) is 6.59. The van der Waals surface area contributed by atoms with Crippen LogP contribution >= 0.6 is 23.2 Å². The van der Waals surface area contributed by atoms with Crippen molar-refractivity contribution in [3.63, 3.8) is 0 Å². The van der Waals surface area contributed by atoms with Crippen molar-refractivity contribution < 1.29 is 19.1 Å². The van der Waals surface area contributed by atoms with Crippen LogP contribution in [0.15, 0.2) is 30.4 Å². The summed E-state index contributed by atoms with van der Waals surface area (Å²) in [5.74, 6) is -1.27. The summed E-state index contributed by atoms with van der Waals surface area (Å²) in [6.45, 7) is 4.79. The highest BCUT2D eigenvalue weighted by atomic mass is 35.5. The van der Waals surface area contributed by atoms with Crippen LogP contribution in [-0.2, 0) is 19.1 Å². The molecule has 0 aromatic heterocycles. The molecule has 0 aliphatic carbocycles. The summed E-state index contributed by atoms with van der Waals surface area (Å²) in [5.41, 5.74) is 0.335. The first-order valence-electron chi connectivity index (χ1n) is 5.26. The summed E-state index contributed by atoms with van der Waals surface area (Å²) in [4.78, 5) is 22.7. The van der Waals surface area contributed by atoms with Crippen molar-refractivity contribution in [2.75, 3.05) is 7.11 Å². The topological polar surface area (TPSA) is 52.6 Å². The van der Waals surface area contributed by atoms with E-state index in [0.29, 0.717) is 5.56 Å². The van der Waals surface area contributed by atoms with Crippen LogP contribution in [-0.4, -0.2) is 19.0 Å². The molecule has 1 rings (SSSR count). The number of ether oxygens (including phenoxy) is 2. The number of carbonyl (C=O) groups excluding carboxylic acids is 2. The summed E-state index contributed by atoms with van der Waals surface area (Å²) in [5, 5.41) is 0.481. The molecule has 102 valence electrons. The summed E-state index contributed by atoms with van der Waals surface area (Å²) in [7, 11) is 1.21. The fraction of sp³-hybridized carbons (Fsp3) is 0.231. The largest absolute Gasteiger partial charge is 0.466 e. The van der Waals surface area contributed by atoms with Gasteiger partial charge in [0.2, 0.25) is 0 Å². The van der Waals surface area contributed by atoms with Gasteiger partial charge in [0, 0.05) is 12.5 Å². The lowest BCUT2D eigenvalue weighted by Gasteiger charge is -2.19. The molecule has 1 atom stereocenters. The van der Waals surface area contributed by atoms with Gasteiger partial charge in [0.15, 0.2) is 6.10 Å². The average Bonchev–Trinajstić information content (AvgIpc) is 2.37. The quantitative estimate of drug-likeness (QED) is 0.632. The maximum absolute atomic E-state index is 11.5. The number of esters is 2. The van der Waals surface area contributed by atoms with Gasteiger partial charge in [0.05, 0.1) is 22.7 Å². The predicted octanol–water partition coefficient (Wildman–Crippen LogP) is 3.33. The molecule has 4 nitrogen and oxygen atoms in total. The zero-order chi connectivity index (χ0) is 14.6. The minimum atomic E-state index is -1.03. The normalized spacial score (nSPS) is 11.6. The average molecular weight is 303 g/mol. The van der Waals surface area contributed by atoms with E-state index in [1.165, 1.54) is 14.0 Å². The Hall–Kier alpha value is -1.52. The Kier molecular flexibility index (Phi) is 5.39. The lowest BCUT2D eigenvalue weighted by Crippen LogP contribution is -2.17. The van der Waals surface area contributed by atoms with Gasteiger partial charge in [-0.05, 0) is 6.07 Å². The van der Waals surface area contributed by atoms with E-state index in [1.807, 2.05) is 0 Å². The first kappa shape index (κ1) is 15.5. The Morgan fingerprint density at radius 3 is 2.47 bits per heavy atom. The molecular formula is C13H12Cl2O4. The standard InChI is InChI=1S/C13H12Cl2O4/c1-7(13(17)18-3)12(19-8(2)16)9-5-4-6-10(14)11(9)15/h4-6,12H,1H2,2-3H3. The van der Waals surface area contributed by atoms with E-state index in [9.17, 15) is 9.59 Å². The second-order valence-electron chi connectivity index (χ2n) is 3.65. The third-order valence-electron chi connectivity index (χ3n) is 2.31. The van der Waals surface area contributed by atoms with E-state index in [1.54, 1.807) is 18.2 Å². The van der Waals surface area contributed by atoms with Gasteiger partial charge in [0.1, 0.15) is 0 Å². The summed E-state index contributed by atoms with van der Waals surface area (Å²) < 4.78 is 9.63. The van der Waals surface area contributed by atoms with Crippen molar-refractivity contribution in [2.24, 2.45) is 0 Å².